The van der Waals surface area contributed by atoms with Gasteiger partial charge in [-0.25, -0.2) is 8.42 Å². The molecular weight excluding hydrogens is 368 g/mol. The molecule has 4 nitrogen and oxygen atoms in total. The Kier molecular flexibility index (Phi) is 4.76. The fourth-order valence-electron chi connectivity index (χ4n) is 1.77. The van der Waals surface area contributed by atoms with Gasteiger partial charge in [-0.15, -0.1) is 0 Å². The smallest absolute Gasteiger partial charge is 0.262 e. The molecule has 0 radical (unpaired) electrons. The number of carbonyl (C=O) groups is 1. The molecule has 1 aliphatic carbocycles. The molecular formula is C11H9Cl4NO3S. The first kappa shape index (κ1) is 16.2. The molecule has 0 spiro atoms. The predicted octanol–water partition coefficient (Wildman–Crippen LogP) is 3.86. The molecule has 0 heterocycles. The summed E-state index contributed by atoms with van der Waals surface area (Å²) < 4.78 is 22.9. The van der Waals surface area contributed by atoms with Gasteiger partial charge in [-0.3, -0.25) is 4.79 Å². The number of nitrogens with one attached hydrogen (secondary N) is 1. The van der Waals surface area contributed by atoms with E-state index in [0.29, 0.717) is 0 Å². The third kappa shape index (κ3) is 3.17. The van der Waals surface area contributed by atoms with Crippen LogP contribution >= 0.6 is 45.5 Å². The van der Waals surface area contributed by atoms with Crippen molar-refractivity contribution in [1.29, 1.82) is 0 Å². The van der Waals surface area contributed by atoms with Crippen LogP contribution in [-0.2, 0) is 9.05 Å². The molecule has 0 aromatic heterocycles. The van der Waals surface area contributed by atoms with Crippen LogP contribution in [0.15, 0.2) is 11.0 Å². The molecule has 1 fully saturated rings. The molecule has 2 rings (SSSR count). The monoisotopic (exact) mass is 375 g/mol. The van der Waals surface area contributed by atoms with Gasteiger partial charge in [-0.05, 0) is 25.3 Å². The highest BCUT2D eigenvalue weighted by Gasteiger charge is 2.28. The van der Waals surface area contributed by atoms with Gasteiger partial charge < -0.3 is 5.32 Å². The maximum Gasteiger partial charge on any atom is 0.262 e. The van der Waals surface area contributed by atoms with Crippen molar-refractivity contribution in [3.63, 3.8) is 0 Å². The molecule has 0 aliphatic heterocycles. The molecule has 110 valence electrons. The fraction of sp³-hybridized carbons (Fsp3) is 0.364. The summed E-state index contributed by atoms with van der Waals surface area (Å²) in [6.07, 6.45) is 2.76. The first-order valence-corrected chi connectivity index (χ1v) is 9.09. The first-order chi connectivity index (χ1) is 9.21. The zero-order valence-electron chi connectivity index (χ0n) is 9.92. The van der Waals surface area contributed by atoms with Crippen LogP contribution in [0.3, 0.4) is 0 Å². The van der Waals surface area contributed by atoms with Crippen LogP contribution in [0, 0.1) is 0 Å². The number of amides is 1. The van der Waals surface area contributed by atoms with E-state index in [1.165, 1.54) is 0 Å². The standard InChI is InChI=1S/C11H9Cl4NO3S/c12-6-4-7(20(15,18)19)10(14)8(9(6)13)11(17)16-5-2-1-3-5/h4-5H,1-3H2,(H,16,17). The minimum Gasteiger partial charge on any atom is -0.349 e. The summed E-state index contributed by atoms with van der Waals surface area (Å²) in [5.41, 5.74) is -0.174. The average Bonchev–Trinajstić information content (AvgIpc) is 2.27. The maximum absolute atomic E-state index is 12.1. The highest BCUT2D eigenvalue weighted by Crippen LogP contribution is 2.38. The van der Waals surface area contributed by atoms with E-state index in [2.05, 4.69) is 5.32 Å². The van der Waals surface area contributed by atoms with E-state index in [4.69, 9.17) is 45.5 Å². The Balaban J connectivity index is 2.50. The van der Waals surface area contributed by atoms with Gasteiger partial charge in [0, 0.05) is 16.7 Å². The van der Waals surface area contributed by atoms with Crippen LogP contribution < -0.4 is 5.32 Å². The molecule has 0 unspecified atom stereocenters. The normalized spacial score (nSPS) is 15.8. The van der Waals surface area contributed by atoms with E-state index < -0.39 is 19.9 Å². The van der Waals surface area contributed by atoms with Gasteiger partial charge >= 0.3 is 0 Å². The van der Waals surface area contributed by atoms with Crippen LogP contribution in [0.4, 0.5) is 0 Å². The number of rotatable bonds is 3. The highest BCUT2D eigenvalue weighted by atomic mass is 35.7. The third-order valence-electron chi connectivity index (χ3n) is 3.05. The van der Waals surface area contributed by atoms with Gasteiger partial charge in [-0.1, -0.05) is 34.8 Å². The topological polar surface area (TPSA) is 63.2 Å². The molecule has 1 saturated carbocycles. The Bertz CT molecular complexity index is 671. The summed E-state index contributed by atoms with van der Waals surface area (Å²) in [5.74, 6) is -0.561. The molecule has 0 bridgehead atoms. The molecule has 0 atom stereocenters. The maximum atomic E-state index is 12.1. The molecule has 1 aromatic rings. The zero-order valence-corrected chi connectivity index (χ0v) is 13.8. The van der Waals surface area contributed by atoms with Gasteiger partial charge in [0.25, 0.3) is 15.0 Å². The second-order valence-corrected chi connectivity index (χ2v) is 8.10. The van der Waals surface area contributed by atoms with E-state index >= 15 is 0 Å². The van der Waals surface area contributed by atoms with Crippen LogP contribution in [0.2, 0.25) is 15.1 Å². The van der Waals surface area contributed by atoms with Crippen LogP contribution in [0.1, 0.15) is 29.6 Å². The first-order valence-electron chi connectivity index (χ1n) is 5.65. The lowest BCUT2D eigenvalue weighted by Crippen LogP contribution is -2.39. The Hall–Kier alpha value is -0.200. The van der Waals surface area contributed by atoms with Crippen molar-refractivity contribution in [3.05, 3.63) is 26.7 Å². The average molecular weight is 377 g/mol. The molecule has 1 aliphatic rings. The van der Waals surface area contributed by atoms with E-state index in [0.717, 1.165) is 25.3 Å². The molecule has 1 N–H and O–H groups in total. The number of carbonyl (C=O) groups excluding carboxylic acids is 1. The number of halogens is 4. The van der Waals surface area contributed by atoms with Gasteiger partial charge in [-0.2, -0.15) is 0 Å². The fourth-order valence-corrected chi connectivity index (χ4v) is 3.92. The Morgan fingerprint density at radius 1 is 1.20 bits per heavy atom. The summed E-state index contributed by atoms with van der Waals surface area (Å²) in [6.45, 7) is 0. The van der Waals surface area contributed by atoms with Crippen LogP contribution in [0.5, 0.6) is 0 Å². The lowest BCUT2D eigenvalue weighted by Gasteiger charge is -2.26. The molecule has 0 saturated heterocycles. The van der Waals surface area contributed by atoms with Gasteiger partial charge in [0.05, 0.1) is 20.6 Å². The summed E-state index contributed by atoms with van der Waals surface area (Å²) >= 11 is 17.7. The second kappa shape index (κ2) is 5.89. The van der Waals surface area contributed by atoms with Crippen molar-refractivity contribution < 1.29 is 13.2 Å². The highest BCUT2D eigenvalue weighted by molar-refractivity contribution is 8.13. The molecule has 20 heavy (non-hydrogen) atoms. The minimum atomic E-state index is -4.13. The van der Waals surface area contributed by atoms with Gasteiger partial charge in [0.1, 0.15) is 4.90 Å². The van der Waals surface area contributed by atoms with Crippen molar-refractivity contribution in [2.75, 3.05) is 0 Å². The predicted molar refractivity (Wildman–Crippen MR) is 79.6 cm³/mol. The zero-order chi connectivity index (χ0) is 15.1. The van der Waals surface area contributed by atoms with E-state index in [1.807, 2.05) is 0 Å². The quantitative estimate of drug-likeness (QED) is 0.643. The summed E-state index contributed by atoms with van der Waals surface area (Å²) in [5, 5.41) is 2.19. The summed E-state index contributed by atoms with van der Waals surface area (Å²) in [4.78, 5) is 11.7. The van der Waals surface area contributed by atoms with Crippen molar-refractivity contribution in [2.45, 2.75) is 30.2 Å². The second-order valence-electron chi connectivity index (χ2n) is 4.40. The minimum absolute atomic E-state index is 0.0460. The van der Waals surface area contributed by atoms with Crippen LogP contribution in [-0.4, -0.2) is 20.4 Å². The largest absolute Gasteiger partial charge is 0.349 e. The van der Waals surface area contributed by atoms with Crippen molar-refractivity contribution in [1.82, 2.24) is 5.32 Å². The van der Waals surface area contributed by atoms with E-state index in [-0.39, 0.29) is 26.7 Å². The van der Waals surface area contributed by atoms with E-state index in [1.54, 1.807) is 0 Å². The lowest BCUT2D eigenvalue weighted by atomic mass is 9.93. The Morgan fingerprint density at radius 3 is 2.25 bits per heavy atom. The van der Waals surface area contributed by atoms with Gasteiger partial charge in [0.15, 0.2) is 0 Å². The van der Waals surface area contributed by atoms with E-state index in [9.17, 15) is 13.2 Å². The SMILES string of the molecule is O=C(NC1CCC1)c1c(Cl)c(Cl)cc(S(=O)(=O)Cl)c1Cl. The molecule has 1 aromatic carbocycles. The number of benzene rings is 1. The molecule has 9 heteroatoms. The van der Waals surface area contributed by atoms with Gasteiger partial charge in [0.2, 0.25) is 0 Å². The van der Waals surface area contributed by atoms with Crippen molar-refractivity contribution in [2.24, 2.45) is 0 Å². The third-order valence-corrected chi connectivity index (χ3v) is 5.69. The Morgan fingerprint density at radius 2 is 1.80 bits per heavy atom. The number of hydrogen-bond acceptors (Lipinski definition) is 3. The summed E-state index contributed by atoms with van der Waals surface area (Å²) in [6, 6.07) is 1.07. The van der Waals surface area contributed by atoms with Crippen LogP contribution in [0.25, 0.3) is 0 Å². The number of hydrogen-bond donors (Lipinski definition) is 1. The van der Waals surface area contributed by atoms with Crippen molar-refractivity contribution >= 4 is 60.4 Å². The Labute approximate surface area is 135 Å². The summed E-state index contributed by atoms with van der Waals surface area (Å²) in [7, 11) is 1.13. The lowest BCUT2D eigenvalue weighted by molar-refractivity contribution is 0.0917. The van der Waals surface area contributed by atoms with Crippen molar-refractivity contribution in [3.8, 4) is 0 Å². The molecule has 1 amide bonds.